The number of alkyl halides is 1. The highest BCUT2D eigenvalue weighted by atomic mass is 32.2. The lowest BCUT2D eigenvalue weighted by molar-refractivity contribution is -0.188. The third-order valence-electron chi connectivity index (χ3n) is 8.21. The zero-order valence-electron chi connectivity index (χ0n) is 16.8. The minimum absolute atomic E-state index is 0.00582. The molecule has 0 heterocycles. The van der Waals surface area contributed by atoms with Crippen LogP contribution in [0.4, 0.5) is 4.39 Å². The molecule has 0 aliphatic heterocycles. The Morgan fingerprint density at radius 3 is 2.67 bits per heavy atom. The Bertz CT molecular complexity index is 719. The van der Waals surface area contributed by atoms with Crippen molar-refractivity contribution in [1.29, 1.82) is 0 Å². The predicted octanol–water partition coefficient (Wildman–Crippen LogP) is 5.17. The molecule has 0 aromatic heterocycles. The number of halogens is 1. The van der Waals surface area contributed by atoms with Crippen molar-refractivity contribution < 1.29 is 14.3 Å². The van der Waals surface area contributed by atoms with Gasteiger partial charge in [0.25, 0.3) is 0 Å². The van der Waals surface area contributed by atoms with Crippen molar-refractivity contribution in [3.05, 3.63) is 22.6 Å². The molecule has 2 nitrogen and oxygen atoms in total. The van der Waals surface area contributed by atoms with E-state index in [-0.39, 0.29) is 17.1 Å². The summed E-state index contributed by atoms with van der Waals surface area (Å²) in [5.41, 5.74) is -1.67. The first-order valence-electron chi connectivity index (χ1n) is 10.2. The summed E-state index contributed by atoms with van der Waals surface area (Å²) in [7, 11) is 0. The summed E-state index contributed by atoms with van der Waals surface area (Å²) in [6.45, 7) is 6.22. The van der Waals surface area contributed by atoms with Gasteiger partial charge in [-0.3, -0.25) is 4.79 Å². The lowest BCUT2D eigenvalue weighted by atomic mass is 9.46. The normalized spacial score (nSPS) is 49.0. The molecule has 1 unspecified atom stereocenters. The lowest BCUT2D eigenvalue weighted by Crippen LogP contribution is -2.66. The average molecular weight is 411 g/mol. The topological polar surface area (TPSA) is 37.3 Å². The van der Waals surface area contributed by atoms with Gasteiger partial charge in [-0.2, -0.15) is 11.8 Å². The maximum Gasteiger partial charge on any atom is 0.191 e. The van der Waals surface area contributed by atoms with E-state index in [1.165, 1.54) is 11.8 Å². The number of carbonyl (C=O) groups excluding carboxylic acids is 1. The van der Waals surface area contributed by atoms with E-state index in [0.717, 1.165) is 37.0 Å². The van der Waals surface area contributed by atoms with Crippen LogP contribution in [0.1, 0.15) is 52.9 Å². The van der Waals surface area contributed by atoms with Crippen LogP contribution in [0.15, 0.2) is 22.6 Å². The minimum atomic E-state index is -1.69. The van der Waals surface area contributed by atoms with Crippen LogP contribution in [0.25, 0.3) is 0 Å². The fraction of sp³-hybridized carbons (Fsp3) is 0.773. The predicted molar refractivity (Wildman–Crippen MR) is 113 cm³/mol. The molecule has 0 spiro atoms. The third-order valence-corrected chi connectivity index (χ3v) is 10.5. The van der Waals surface area contributed by atoms with Crippen molar-refractivity contribution in [2.75, 3.05) is 12.0 Å². The van der Waals surface area contributed by atoms with Gasteiger partial charge < -0.3 is 5.11 Å². The van der Waals surface area contributed by atoms with Gasteiger partial charge >= 0.3 is 0 Å². The number of thioether (sulfide) groups is 2. The highest BCUT2D eigenvalue weighted by Crippen LogP contribution is 2.69. The second kappa shape index (κ2) is 6.63. The number of hydrogen-bond donors (Lipinski definition) is 1. The molecular weight excluding hydrogens is 379 g/mol. The van der Waals surface area contributed by atoms with E-state index in [9.17, 15) is 9.90 Å². The molecule has 27 heavy (non-hydrogen) atoms. The molecule has 4 rings (SSSR count). The molecule has 0 amide bonds. The molecule has 1 N–H and O–H groups in total. The molecule has 0 aromatic rings. The smallest absolute Gasteiger partial charge is 0.191 e. The SMILES string of the molecule is CCSC1=C[C@@]2(C)C(=CC1=O)CC[C@H]1[C@@H]3CCC(SC)[C@@]3(C)C[C@H](O)[C@@]12F. The number of rotatable bonds is 3. The van der Waals surface area contributed by atoms with Crippen LogP contribution in [-0.4, -0.2) is 39.9 Å². The maximum atomic E-state index is 17.0. The van der Waals surface area contributed by atoms with Crippen LogP contribution in [0.2, 0.25) is 0 Å². The number of hydrogen-bond acceptors (Lipinski definition) is 4. The zero-order valence-corrected chi connectivity index (χ0v) is 18.4. The second-order valence-electron chi connectivity index (χ2n) is 9.22. The van der Waals surface area contributed by atoms with Crippen LogP contribution < -0.4 is 0 Å². The molecule has 4 aliphatic carbocycles. The molecule has 4 aliphatic rings. The number of ketones is 1. The van der Waals surface area contributed by atoms with E-state index in [4.69, 9.17) is 0 Å². The third kappa shape index (κ3) is 2.53. The Balaban J connectivity index is 1.80. The van der Waals surface area contributed by atoms with Gasteiger partial charge in [-0.25, -0.2) is 4.39 Å². The molecule has 7 atom stereocenters. The number of aliphatic hydroxyl groups excluding tert-OH is 1. The van der Waals surface area contributed by atoms with Gasteiger partial charge in [0.1, 0.15) is 0 Å². The number of carbonyl (C=O) groups is 1. The van der Waals surface area contributed by atoms with Crippen LogP contribution >= 0.6 is 23.5 Å². The largest absolute Gasteiger partial charge is 0.390 e. The monoisotopic (exact) mass is 410 g/mol. The van der Waals surface area contributed by atoms with Crippen LogP contribution in [0, 0.1) is 22.7 Å². The van der Waals surface area contributed by atoms with E-state index >= 15 is 4.39 Å². The molecule has 3 fully saturated rings. The van der Waals surface area contributed by atoms with Gasteiger partial charge in [0.05, 0.1) is 11.0 Å². The highest BCUT2D eigenvalue weighted by Gasteiger charge is 2.70. The Morgan fingerprint density at radius 2 is 2.00 bits per heavy atom. The van der Waals surface area contributed by atoms with Crippen LogP contribution in [0.3, 0.4) is 0 Å². The summed E-state index contributed by atoms with van der Waals surface area (Å²) in [6.07, 6.45) is 8.92. The molecule has 150 valence electrons. The molecular formula is C22H31FO2S2. The van der Waals surface area contributed by atoms with E-state index in [2.05, 4.69) is 13.2 Å². The Hall–Kier alpha value is -0.260. The fourth-order valence-corrected chi connectivity index (χ4v) is 8.89. The Labute approximate surface area is 170 Å². The van der Waals surface area contributed by atoms with E-state index in [1.54, 1.807) is 6.08 Å². The summed E-state index contributed by atoms with van der Waals surface area (Å²) in [5, 5.41) is 11.7. The standard InChI is InChI=1S/C22H31FO2S2/c1-5-27-17-11-21(3)13(10-16(17)24)6-7-15-14-8-9-19(26-4)20(14,2)12-18(25)22(15,21)23/h10-11,14-15,18-19,25H,5-9,12H2,1-4H3/t14-,15-,18-,19?,20-,21-,22-/m0/s1. The van der Waals surface area contributed by atoms with E-state index in [0.29, 0.717) is 22.5 Å². The van der Waals surface area contributed by atoms with Crippen LogP contribution in [-0.2, 0) is 4.79 Å². The highest BCUT2D eigenvalue weighted by molar-refractivity contribution is 8.04. The number of allylic oxidation sites excluding steroid dienone is 4. The van der Waals surface area contributed by atoms with Gasteiger partial charge in [-0.15, -0.1) is 11.8 Å². The van der Waals surface area contributed by atoms with E-state index < -0.39 is 17.2 Å². The van der Waals surface area contributed by atoms with E-state index in [1.807, 2.05) is 31.7 Å². The van der Waals surface area contributed by atoms with Gasteiger partial charge in [-0.05, 0) is 68.4 Å². The maximum absolute atomic E-state index is 17.0. The minimum Gasteiger partial charge on any atom is -0.390 e. The van der Waals surface area contributed by atoms with Gasteiger partial charge in [-0.1, -0.05) is 25.5 Å². The quantitative estimate of drug-likeness (QED) is 0.696. The van der Waals surface area contributed by atoms with Gasteiger partial charge in [0, 0.05) is 16.6 Å². The summed E-state index contributed by atoms with van der Waals surface area (Å²) < 4.78 is 17.0. The number of aliphatic hydroxyl groups is 1. The van der Waals surface area contributed by atoms with Crippen molar-refractivity contribution in [1.82, 2.24) is 0 Å². The first-order valence-corrected chi connectivity index (χ1v) is 12.5. The second-order valence-corrected chi connectivity index (χ2v) is 11.6. The summed E-state index contributed by atoms with van der Waals surface area (Å²) >= 11 is 3.37. The molecule has 0 aromatic carbocycles. The summed E-state index contributed by atoms with van der Waals surface area (Å²) in [5.74, 6) is 0.978. The molecule has 0 saturated heterocycles. The van der Waals surface area contributed by atoms with Crippen molar-refractivity contribution in [2.24, 2.45) is 22.7 Å². The molecule has 3 saturated carbocycles. The lowest BCUT2D eigenvalue weighted by Gasteiger charge is -2.62. The molecule has 0 radical (unpaired) electrons. The van der Waals surface area contributed by atoms with Gasteiger partial charge in [0.15, 0.2) is 11.5 Å². The summed E-state index contributed by atoms with van der Waals surface area (Å²) in [6, 6.07) is 0. The Kier molecular flexibility index (Phi) is 4.92. The van der Waals surface area contributed by atoms with Crippen molar-refractivity contribution >= 4 is 29.3 Å². The van der Waals surface area contributed by atoms with Crippen molar-refractivity contribution in [3.63, 3.8) is 0 Å². The van der Waals surface area contributed by atoms with Crippen molar-refractivity contribution in [3.8, 4) is 0 Å². The Morgan fingerprint density at radius 1 is 1.26 bits per heavy atom. The molecule has 0 bridgehead atoms. The first-order chi connectivity index (χ1) is 12.7. The zero-order chi connectivity index (χ0) is 19.6. The number of fused-ring (bicyclic) bond motifs is 5. The van der Waals surface area contributed by atoms with Crippen molar-refractivity contribution in [2.45, 2.75) is 69.9 Å². The van der Waals surface area contributed by atoms with Gasteiger partial charge in [0.2, 0.25) is 0 Å². The first kappa shape index (κ1) is 20.0. The van der Waals surface area contributed by atoms with Crippen LogP contribution in [0.5, 0.6) is 0 Å². The molecule has 5 heteroatoms. The summed E-state index contributed by atoms with van der Waals surface area (Å²) in [4.78, 5) is 13.1. The fourth-order valence-electron chi connectivity index (χ4n) is 6.88. The average Bonchev–Trinajstić information content (AvgIpc) is 2.94.